The lowest BCUT2D eigenvalue weighted by molar-refractivity contribution is -0.134. The van der Waals surface area contributed by atoms with E-state index in [0.717, 1.165) is 18.4 Å². The van der Waals surface area contributed by atoms with Crippen molar-refractivity contribution in [1.82, 2.24) is 4.90 Å². The van der Waals surface area contributed by atoms with Crippen molar-refractivity contribution in [3.8, 4) is 17.2 Å². The summed E-state index contributed by atoms with van der Waals surface area (Å²) in [7, 11) is 3.21. The van der Waals surface area contributed by atoms with E-state index in [0.29, 0.717) is 23.8 Å². The van der Waals surface area contributed by atoms with Gasteiger partial charge in [0.15, 0.2) is 6.61 Å². The largest absolute Gasteiger partial charge is 0.497 e. The Bertz CT molecular complexity index is 868. The van der Waals surface area contributed by atoms with Gasteiger partial charge in [0.05, 0.1) is 25.8 Å². The molecule has 28 heavy (non-hydrogen) atoms. The highest BCUT2D eigenvalue weighted by Crippen LogP contribution is 2.39. The van der Waals surface area contributed by atoms with E-state index in [1.807, 2.05) is 18.2 Å². The molecule has 2 N–H and O–H groups in total. The van der Waals surface area contributed by atoms with Gasteiger partial charge in [-0.15, -0.1) is 0 Å². The summed E-state index contributed by atoms with van der Waals surface area (Å²) in [4.78, 5) is 26.1. The molecule has 0 aliphatic carbocycles. The summed E-state index contributed by atoms with van der Waals surface area (Å²) in [5, 5.41) is 0. The van der Waals surface area contributed by atoms with Gasteiger partial charge in [0.2, 0.25) is 0 Å². The number of carbonyl (C=O) groups is 2. The summed E-state index contributed by atoms with van der Waals surface area (Å²) in [6.07, 6.45) is 1.71. The molecule has 1 unspecified atom stereocenters. The van der Waals surface area contributed by atoms with Crippen LogP contribution in [0.15, 0.2) is 42.5 Å². The minimum atomic E-state index is -0.594. The average Bonchev–Trinajstić information content (AvgIpc) is 3.21. The molecule has 2 aromatic rings. The maximum absolute atomic E-state index is 12.9. The van der Waals surface area contributed by atoms with Gasteiger partial charge in [-0.2, -0.15) is 0 Å². The first kappa shape index (κ1) is 19.5. The first-order valence-corrected chi connectivity index (χ1v) is 9.08. The van der Waals surface area contributed by atoms with Crippen LogP contribution >= 0.6 is 0 Å². The molecule has 0 bridgehead atoms. The van der Waals surface area contributed by atoms with Gasteiger partial charge in [-0.3, -0.25) is 9.59 Å². The van der Waals surface area contributed by atoms with Gasteiger partial charge in [0, 0.05) is 12.1 Å². The lowest BCUT2D eigenvalue weighted by atomic mass is 10.0. The van der Waals surface area contributed by atoms with Gasteiger partial charge in [-0.05, 0) is 43.2 Å². The minimum Gasteiger partial charge on any atom is -0.497 e. The first-order valence-electron chi connectivity index (χ1n) is 9.08. The Morgan fingerprint density at radius 2 is 1.89 bits per heavy atom. The first-order chi connectivity index (χ1) is 13.5. The lowest BCUT2D eigenvalue weighted by Gasteiger charge is -2.26. The van der Waals surface area contributed by atoms with Crippen molar-refractivity contribution >= 4 is 11.8 Å². The van der Waals surface area contributed by atoms with Gasteiger partial charge in [-0.25, -0.2) is 0 Å². The molecular formula is C21H24N2O5. The number of nitrogens with zero attached hydrogens (tertiary/aromatic N) is 1. The number of carbonyl (C=O) groups excluding carboxylic acids is 2. The van der Waals surface area contributed by atoms with Gasteiger partial charge >= 0.3 is 0 Å². The molecule has 2 aromatic carbocycles. The van der Waals surface area contributed by atoms with E-state index in [9.17, 15) is 9.59 Å². The summed E-state index contributed by atoms with van der Waals surface area (Å²) in [6, 6.07) is 12.1. The highest BCUT2D eigenvalue weighted by molar-refractivity contribution is 5.95. The van der Waals surface area contributed by atoms with Crippen LogP contribution in [-0.2, 0) is 4.79 Å². The van der Waals surface area contributed by atoms with Crippen LogP contribution < -0.4 is 19.9 Å². The Morgan fingerprint density at radius 1 is 1.11 bits per heavy atom. The molecule has 1 heterocycles. The Morgan fingerprint density at radius 3 is 2.61 bits per heavy atom. The number of likely N-dealkylation sites (tertiary alicyclic amines) is 1. The maximum Gasteiger partial charge on any atom is 0.261 e. The molecule has 7 nitrogen and oxygen atoms in total. The summed E-state index contributed by atoms with van der Waals surface area (Å²) < 4.78 is 16.4. The fraction of sp³-hybridized carbons (Fsp3) is 0.333. The number of hydrogen-bond acceptors (Lipinski definition) is 5. The second kappa shape index (κ2) is 8.65. The van der Waals surface area contributed by atoms with E-state index in [4.69, 9.17) is 19.9 Å². The SMILES string of the molecule is COc1ccc(OC)c(C2CCCN2C(=O)COc2ccccc2C(N)=O)c1. The molecule has 1 aliphatic heterocycles. The highest BCUT2D eigenvalue weighted by Gasteiger charge is 2.32. The third kappa shape index (κ3) is 4.03. The molecule has 1 saturated heterocycles. The fourth-order valence-corrected chi connectivity index (χ4v) is 3.51. The monoisotopic (exact) mass is 384 g/mol. The van der Waals surface area contributed by atoms with Gasteiger partial charge in [-0.1, -0.05) is 12.1 Å². The second-order valence-corrected chi connectivity index (χ2v) is 6.50. The Labute approximate surface area is 164 Å². The molecule has 1 fully saturated rings. The van der Waals surface area contributed by atoms with E-state index in [2.05, 4.69) is 0 Å². The van der Waals surface area contributed by atoms with E-state index in [1.54, 1.807) is 43.4 Å². The van der Waals surface area contributed by atoms with E-state index in [-0.39, 0.29) is 24.1 Å². The zero-order valence-corrected chi connectivity index (χ0v) is 16.0. The molecule has 1 aliphatic rings. The predicted molar refractivity (Wildman–Crippen MR) is 104 cm³/mol. The van der Waals surface area contributed by atoms with Crippen LogP contribution in [0, 0.1) is 0 Å². The number of nitrogens with two attached hydrogens (primary N) is 1. The standard InChI is InChI=1S/C21H24N2O5/c1-26-14-9-10-18(27-2)16(12-14)17-7-5-11-23(17)20(24)13-28-19-8-4-3-6-15(19)21(22)25/h3-4,6,8-10,12,17H,5,7,11,13H2,1-2H3,(H2,22,25). The molecule has 0 aromatic heterocycles. The molecule has 0 spiro atoms. The quantitative estimate of drug-likeness (QED) is 0.792. The molecule has 0 radical (unpaired) electrons. The van der Waals surface area contributed by atoms with Crippen LogP contribution in [0.25, 0.3) is 0 Å². The van der Waals surface area contributed by atoms with Crippen LogP contribution in [-0.4, -0.2) is 44.1 Å². The zero-order chi connectivity index (χ0) is 20.1. The van der Waals surface area contributed by atoms with Gasteiger partial charge in [0.25, 0.3) is 11.8 Å². The van der Waals surface area contributed by atoms with Crippen molar-refractivity contribution < 1.29 is 23.8 Å². The molecular weight excluding hydrogens is 360 g/mol. The third-order valence-electron chi connectivity index (χ3n) is 4.87. The van der Waals surface area contributed by atoms with E-state index < -0.39 is 5.91 Å². The number of hydrogen-bond donors (Lipinski definition) is 1. The Kier molecular flexibility index (Phi) is 6.03. The summed E-state index contributed by atoms with van der Waals surface area (Å²) in [5.74, 6) is 0.972. The summed E-state index contributed by atoms with van der Waals surface area (Å²) in [6.45, 7) is 0.456. The fourth-order valence-electron chi connectivity index (χ4n) is 3.51. The van der Waals surface area contributed by atoms with E-state index >= 15 is 0 Å². The lowest BCUT2D eigenvalue weighted by Crippen LogP contribution is -2.34. The van der Waals surface area contributed by atoms with Crippen LogP contribution in [0.5, 0.6) is 17.2 Å². The third-order valence-corrected chi connectivity index (χ3v) is 4.87. The number of para-hydroxylation sites is 1. The maximum atomic E-state index is 12.9. The van der Waals surface area contributed by atoms with Crippen LogP contribution in [0.1, 0.15) is 34.8 Å². The average molecular weight is 384 g/mol. The van der Waals surface area contributed by atoms with Crippen LogP contribution in [0.3, 0.4) is 0 Å². The van der Waals surface area contributed by atoms with Crippen molar-refractivity contribution in [2.24, 2.45) is 5.73 Å². The number of methoxy groups -OCH3 is 2. The molecule has 1 atom stereocenters. The number of benzene rings is 2. The van der Waals surface area contributed by atoms with Crippen molar-refractivity contribution in [2.45, 2.75) is 18.9 Å². The molecule has 0 saturated carbocycles. The van der Waals surface area contributed by atoms with E-state index in [1.165, 1.54) is 0 Å². The zero-order valence-electron chi connectivity index (χ0n) is 16.0. The van der Waals surface area contributed by atoms with Crippen LogP contribution in [0.2, 0.25) is 0 Å². The van der Waals surface area contributed by atoms with Crippen molar-refractivity contribution in [2.75, 3.05) is 27.4 Å². The number of amides is 2. The number of primary amides is 1. The summed E-state index contributed by atoms with van der Waals surface area (Å²) in [5.41, 5.74) is 6.52. The van der Waals surface area contributed by atoms with Crippen molar-refractivity contribution in [3.05, 3.63) is 53.6 Å². The Balaban J connectivity index is 1.76. The number of ether oxygens (including phenoxy) is 3. The minimum absolute atomic E-state index is 0.118. The van der Waals surface area contributed by atoms with Gasteiger partial charge < -0.3 is 24.8 Å². The van der Waals surface area contributed by atoms with Crippen molar-refractivity contribution in [1.29, 1.82) is 0 Å². The second-order valence-electron chi connectivity index (χ2n) is 6.50. The van der Waals surface area contributed by atoms with Gasteiger partial charge in [0.1, 0.15) is 17.2 Å². The number of rotatable bonds is 7. The molecule has 3 rings (SSSR count). The predicted octanol–water partition coefficient (Wildman–Crippen LogP) is 2.55. The highest BCUT2D eigenvalue weighted by atomic mass is 16.5. The molecule has 148 valence electrons. The molecule has 2 amide bonds. The molecule has 7 heteroatoms. The Hall–Kier alpha value is -3.22. The topological polar surface area (TPSA) is 91.1 Å². The normalized spacial score (nSPS) is 15.9. The van der Waals surface area contributed by atoms with Crippen molar-refractivity contribution in [3.63, 3.8) is 0 Å². The smallest absolute Gasteiger partial charge is 0.261 e. The van der Waals surface area contributed by atoms with Crippen LogP contribution in [0.4, 0.5) is 0 Å². The summed E-state index contributed by atoms with van der Waals surface area (Å²) >= 11 is 0.